The summed E-state index contributed by atoms with van der Waals surface area (Å²) >= 11 is 0. The summed E-state index contributed by atoms with van der Waals surface area (Å²) in [7, 11) is 0. The van der Waals surface area contributed by atoms with Crippen molar-refractivity contribution in [1.29, 1.82) is 0 Å². The van der Waals surface area contributed by atoms with Crippen LogP contribution in [0.3, 0.4) is 0 Å². The molecule has 0 aliphatic carbocycles. The van der Waals surface area contributed by atoms with Gasteiger partial charge < -0.3 is 4.74 Å². The Balaban J connectivity index is 0.00000109. The molecule has 1 aliphatic heterocycles. The molecule has 0 atom stereocenters. The molecule has 4 nitrogen and oxygen atoms in total. The van der Waals surface area contributed by atoms with E-state index in [0.29, 0.717) is 12.3 Å². The summed E-state index contributed by atoms with van der Waals surface area (Å²) in [4.78, 5) is 18.9. The molecule has 1 amide bonds. The van der Waals surface area contributed by atoms with Gasteiger partial charge in [0.1, 0.15) is 5.75 Å². The molecule has 132 valence electrons. The molecule has 0 radical (unpaired) electrons. The van der Waals surface area contributed by atoms with Crippen molar-refractivity contribution in [2.24, 2.45) is 0 Å². The van der Waals surface area contributed by atoms with Crippen LogP contribution >= 0.6 is 0 Å². The normalized spacial score (nSPS) is 14.8. The highest BCUT2D eigenvalue weighted by Gasteiger charge is 2.41. The van der Waals surface area contributed by atoms with Crippen molar-refractivity contribution in [3.63, 3.8) is 0 Å². The minimum atomic E-state index is -0.905. The Morgan fingerprint density at radius 2 is 1.96 bits per heavy atom. The third-order valence-corrected chi connectivity index (χ3v) is 3.93. The van der Waals surface area contributed by atoms with Gasteiger partial charge in [0.25, 0.3) is 5.91 Å². The minimum absolute atomic E-state index is 0.0706. The fourth-order valence-corrected chi connectivity index (χ4v) is 2.63. The number of anilines is 1. The van der Waals surface area contributed by atoms with Crippen LogP contribution in [0.2, 0.25) is 0 Å². The second-order valence-corrected chi connectivity index (χ2v) is 6.26. The molecule has 0 spiro atoms. The number of carbonyl (C=O) groups is 1. The highest BCUT2D eigenvalue weighted by atomic mass is 16.5. The zero-order chi connectivity index (χ0) is 18.6. The first kappa shape index (κ1) is 18.7. The molecule has 1 aromatic carbocycles. The van der Waals surface area contributed by atoms with Gasteiger partial charge in [0, 0.05) is 6.20 Å². The van der Waals surface area contributed by atoms with E-state index in [9.17, 15) is 4.79 Å². The van der Waals surface area contributed by atoms with Crippen molar-refractivity contribution < 1.29 is 9.53 Å². The number of hydrogen-bond acceptors (Lipinski definition) is 3. The number of amides is 1. The van der Waals surface area contributed by atoms with Crippen LogP contribution in [0.4, 0.5) is 5.69 Å². The second-order valence-electron chi connectivity index (χ2n) is 6.26. The second kappa shape index (κ2) is 7.51. The van der Waals surface area contributed by atoms with E-state index in [2.05, 4.69) is 11.6 Å². The lowest BCUT2D eigenvalue weighted by atomic mass is 10.0. The molecule has 0 saturated heterocycles. The molecule has 1 aromatic heterocycles. The number of hydrogen-bond donors (Lipinski definition) is 0. The molecular weight excluding hydrogens is 312 g/mol. The smallest absolute Gasteiger partial charge is 0.271 e. The van der Waals surface area contributed by atoms with E-state index in [1.807, 2.05) is 57.3 Å². The lowest BCUT2D eigenvalue weighted by molar-refractivity contribution is -0.132. The zero-order valence-electron chi connectivity index (χ0n) is 15.7. The van der Waals surface area contributed by atoms with Gasteiger partial charge in [-0.1, -0.05) is 38.6 Å². The molecule has 0 saturated carbocycles. The summed E-state index contributed by atoms with van der Waals surface area (Å²) in [6, 6.07) is 9.68. The summed E-state index contributed by atoms with van der Waals surface area (Å²) in [6.07, 6.45) is 3.58. The number of carbonyl (C=O) groups excluding carboxylic acids is 1. The molecule has 1 aliphatic rings. The van der Waals surface area contributed by atoms with Crippen molar-refractivity contribution in [3.8, 4) is 5.75 Å². The van der Waals surface area contributed by atoms with Crippen LogP contribution in [-0.2, 0) is 11.3 Å². The highest BCUT2D eigenvalue weighted by Crippen LogP contribution is 2.39. The third kappa shape index (κ3) is 3.90. The first-order chi connectivity index (χ1) is 11.9. The lowest BCUT2D eigenvalue weighted by Gasteiger charge is -2.38. The Kier molecular flexibility index (Phi) is 5.62. The lowest BCUT2D eigenvalue weighted by Crippen LogP contribution is -2.52. The third-order valence-electron chi connectivity index (χ3n) is 3.93. The standard InChI is InChI=1S/C19H20N2O2.C2H6/c1-5-14-7-9-16-17(10-14)23-19(3,4)18(22)21(16)12-15-8-6-13(2)11-20-15;1-2/h5-11H,1,12H2,2-4H3;1-2H3. The van der Waals surface area contributed by atoms with E-state index >= 15 is 0 Å². The predicted octanol–water partition coefficient (Wildman–Crippen LogP) is 4.76. The quantitative estimate of drug-likeness (QED) is 0.810. The van der Waals surface area contributed by atoms with Crippen LogP contribution in [0.5, 0.6) is 5.75 Å². The highest BCUT2D eigenvalue weighted by molar-refractivity contribution is 6.02. The first-order valence-corrected chi connectivity index (χ1v) is 8.60. The predicted molar refractivity (Wildman–Crippen MR) is 103 cm³/mol. The summed E-state index contributed by atoms with van der Waals surface area (Å²) in [5.74, 6) is 0.623. The van der Waals surface area contributed by atoms with Gasteiger partial charge in [0.2, 0.25) is 0 Å². The zero-order valence-corrected chi connectivity index (χ0v) is 15.7. The molecular formula is C21H26N2O2. The van der Waals surface area contributed by atoms with Crippen LogP contribution in [0.1, 0.15) is 44.5 Å². The van der Waals surface area contributed by atoms with Crippen LogP contribution < -0.4 is 9.64 Å². The maximum Gasteiger partial charge on any atom is 0.271 e. The summed E-state index contributed by atoms with van der Waals surface area (Å²) in [5, 5.41) is 0. The van der Waals surface area contributed by atoms with Gasteiger partial charge in [-0.05, 0) is 50.1 Å². The van der Waals surface area contributed by atoms with Gasteiger partial charge in [-0.3, -0.25) is 14.7 Å². The van der Waals surface area contributed by atoms with Gasteiger partial charge in [0.15, 0.2) is 5.60 Å². The Labute approximate surface area is 150 Å². The SMILES string of the molecule is C=Cc1ccc2c(c1)OC(C)(C)C(=O)N2Cc1ccc(C)cn1.CC. The average molecular weight is 338 g/mol. The van der Waals surface area contributed by atoms with Crippen LogP contribution in [0, 0.1) is 6.92 Å². The molecule has 2 heterocycles. The fourth-order valence-electron chi connectivity index (χ4n) is 2.63. The molecule has 2 aromatic rings. The number of nitrogens with zero attached hydrogens (tertiary/aromatic N) is 2. The van der Waals surface area contributed by atoms with E-state index in [1.165, 1.54) is 0 Å². The maximum absolute atomic E-state index is 12.8. The maximum atomic E-state index is 12.8. The Bertz CT molecular complexity index is 764. The minimum Gasteiger partial charge on any atom is -0.476 e. The monoisotopic (exact) mass is 338 g/mol. The van der Waals surface area contributed by atoms with Crippen molar-refractivity contribution in [1.82, 2.24) is 4.98 Å². The number of benzene rings is 1. The molecule has 0 unspecified atom stereocenters. The van der Waals surface area contributed by atoms with Gasteiger partial charge in [-0.25, -0.2) is 0 Å². The molecule has 0 N–H and O–H groups in total. The Morgan fingerprint density at radius 3 is 2.56 bits per heavy atom. The summed E-state index contributed by atoms with van der Waals surface area (Å²) in [5.41, 5.74) is 2.76. The van der Waals surface area contributed by atoms with E-state index in [-0.39, 0.29) is 5.91 Å². The number of aryl methyl sites for hydroxylation is 1. The Hall–Kier alpha value is -2.62. The average Bonchev–Trinajstić information content (AvgIpc) is 2.61. The summed E-state index contributed by atoms with van der Waals surface area (Å²) in [6.45, 7) is 13.8. The van der Waals surface area contributed by atoms with Crippen LogP contribution in [0.15, 0.2) is 43.1 Å². The van der Waals surface area contributed by atoms with Crippen molar-refractivity contribution in [3.05, 3.63) is 59.9 Å². The first-order valence-electron chi connectivity index (χ1n) is 8.60. The number of fused-ring (bicyclic) bond motifs is 1. The summed E-state index contributed by atoms with van der Waals surface area (Å²) < 4.78 is 5.90. The van der Waals surface area contributed by atoms with E-state index in [4.69, 9.17) is 4.74 Å². The van der Waals surface area contributed by atoms with Gasteiger partial charge in [-0.2, -0.15) is 0 Å². The van der Waals surface area contributed by atoms with Crippen LogP contribution in [0.25, 0.3) is 6.08 Å². The Morgan fingerprint density at radius 1 is 1.24 bits per heavy atom. The topological polar surface area (TPSA) is 42.4 Å². The van der Waals surface area contributed by atoms with E-state index in [0.717, 1.165) is 22.5 Å². The van der Waals surface area contributed by atoms with Crippen molar-refractivity contribution in [2.75, 3.05) is 4.90 Å². The molecule has 25 heavy (non-hydrogen) atoms. The van der Waals surface area contributed by atoms with Crippen molar-refractivity contribution in [2.45, 2.75) is 46.8 Å². The fraction of sp³-hybridized carbons (Fsp3) is 0.333. The van der Waals surface area contributed by atoms with Gasteiger partial charge in [0.05, 0.1) is 17.9 Å². The largest absolute Gasteiger partial charge is 0.476 e. The number of ether oxygens (including phenoxy) is 1. The van der Waals surface area contributed by atoms with Crippen molar-refractivity contribution >= 4 is 17.7 Å². The number of rotatable bonds is 3. The van der Waals surface area contributed by atoms with E-state index in [1.54, 1.807) is 24.8 Å². The molecule has 3 rings (SSSR count). The van der Waals surface area contributed by atoms with Gasteiger partial charge >= 0.3 is 0 Å². The van der Waals surface area contributed by atoms with Gasteiger partial charge in [-0.15, -0.1) is 0 Å². The number of aromatic nitrogens is 1. The molecule has 0 bridgehead atoms. The molecule has 4 heteroatoms. The number of pyridine rings is 1. The van der Waals surface area contributed by atoms with E-state index < -0.39 is 5.60 Å². The molecule has 0 fully saturated rings. The van der Waals surface area contributed by atoms with Crippen LogP contribution in [-0.4, -0.2) is 16.5 Å².